The Bertz CT molecular complexity index is 345. The van der Waals surface area contributed by atoms with Crippen LogP contribution in [0.4, 0.5) is 0 Å². The van der Waals surface area contributed by atoms with Gasteiger partial charge in [-0.15, -0.1) is 0 Å². The van der Waals surface area contributed by atoms with Crippen LogP contribution < -0.4 is 0 Å². The van der Waals surface area contributed by atoms with Crippen LogP contribution in [0.5, 0.6) is 0 Å². The fourth-order valence-corrected chi connectivity index (χ4v) is 3.91. The van der Waals surface area contributed by atoms with Crippen LogP contribution in [0.3, 0.4) is 0 Å². The summed E-state index contributed by atoms with van der Waals surface area (Å²) in [6, 6.07) is 0. The van der Waals surface area contributed by atoms with Crippen LogP contribution in [0.2, 0.25) is 0 Å². The van der Waals surface area contributed by atoms with Gasteiger partial charge in [-0.05, 0) is 37.1 Å². The zero-order valence-electron chi connectivity index (χ0n) is 15.1. The summed E-state index contributed by atoms with van der Waals surface area (Å²) in [7, 11) is 0. The highest BCUT2D eigenvalue weighted by Gasteiger charge is 2.48. The average Bonchev–Trinajstić information content (AvgIpc) is 2.87. The van der Waals surface area contributed by atoms with Gasteiger partial charge in [0.2, 0.25) is 0 Å². The van der Waals surface area contributed by atoms with Crippen molar-refractivity contribution in [3.05, 3.63) is 0 Å². The Morgan fingerprint density at radius 2 is 1.86 bits per heavy atom. The van der Waals surface area contributed by atoms with Crippen LogP contribution in [0.15, 0.2) is 0 Å². The molecule has 1 saturated carbocycles. The molecule has 2 atom stereocenters. The zero-order valence-corrected chi connectivity index (χ0v) is 15.1. The summed E-state index contributed by atoms with van der Waals surface area (Å²) in [4.78, 5) is 2.08. The number of hydrogen-bond donors (Lipinski definition) is 1. The highest BCUT2D eigenvalue weighted by Crippen LogP contribution is 2.45. The van der Waals surface area contributed by atoms with E-state index in [1.165, 1.54) is 0 Å². The molecule has 1 aliphatic carbocycles. The number of likely N-dealkylation sites (N-methyl/N-ethyl adjacent to an activating group) is 1. The first kappa shape index (κ1) is 18.2. The molecule has 22 heavy (non-hydrogen) atoms. The normalized spacial score (nSPS) is 34.5. The SMILES string of the molecule is CCCN(CC)C(O)C1COC2(CCC(C(C)(C)C)CC2)O1. The van der Waals surface area contributed by atoms with Gasteiger partial charge in [-0.25, -0.2) is 0 Å². The summed E-state index contributed by atoms with van der Waals surface area (Å²) in [6.45, 7) is 13.4. The fraction of sp³-hybridized carbons (Fsp3) is 1.00. The number of ether oxygens (including phenoxy) is 2. The molecule has 2 fully saturated rings. The molecular formula is C18H35NO3. The molecule has 0 radical (unpaired) electrons. The fourth-order valence-electron chi connectivity index (χ4n) is 3.91. The van der Waals surface area contributed by atoms with Gasteiger partial charge >= 0.3 is 0 Å². The first-order chi connectivity index (χ1) is 10.3. The molecule has 4 heteroatoms. The van der Waals surface area contributed by atoms with Gasteiger partial charge in [-0.3, -0.25) is 4.90 Å². The quantitative estimate of drug-likeness (QED) is 0.790. The molecule has 0 aromatic rings. The summed E-state index contributed by atoms with van der Waals surface area (Å²) < 4.78 is 12.3. The van der Waals surface area contributed by atoms with Crippen molar-refractivity contribution in [1.29, 1.82) is 0 Å². The lowest BCUT2D eigenvalue weighted by Gasteiger charge is -2.41. The monoisotopic (exact) mass is 313 g/mol. The van der Waals surface area contributed by atoms with E-state index in [0.29, 0.717) is 12.0 Å². The van der Waals surface area contributed by atoms with Gasteiger partial charge in [0.1, 0.15) is 12.3 Å². The van der Waals surface area contributed by atoms with E-state index in [-0.39, 0.29) is 6.10 Å². The Morgan fingerprint density at radius 1 is 1.23 bits per heavy atom. The molecule has 1 aliphatic heterocycles. The lowest BCUT2D eigenvalue weighted by molar-refractivity contribution is -0.213. The average molecular weight is 313 g/mol. The zero-order chi connectivity index (χ0) is 16.4. The molecule has 0 bridgehead atoms. The van der Waals surface area contributed by atoms with Gasteiger partial charge in [0.15, 0.2) is 5.79 Å². The van der Waals surface area contributed by atoms with E-state index in [1.54, 1.807) is 0 Å². The lowest BCUT2D eigenvalue weighted by atomic mass is 9.71. The first-order valence-corrected chi connectivity index (χ1v) is 9.05. The van der Waals surface area contributed by atoms with Gasteiger partial charge in [0, 0.05) is 19.4 Å². The van der Waals surface area contributed by atoms with Gasteiger partial charge in [0.25, 0.3) is 0 Å². The van der Waals surface area contributed by atoms with E-state index in [1.807, 2.05) is 0 Å². The van der Waals surface area contributed by atoms with E-state index in [0.717, 1.165) is 51.1 Å². The maximum atomic E-state index is 10.6. The van der Waals surface area contributed by atoms with Crippen molar-refractivity contribution < 1.29 is 14.6 Å². The molecule has 1 saturated heterocycles. The van der Waals surface area contributed by atoms with Crippen LogP contribution >= 0.6 is 0 Å². The third-order valence-corrected chi connectivity index (χ3v) is 5.47. The van der Waals surface area contributed by atoms with Crippen LogP contribution in [-0.4, -0.2) is 47.8 Å². The van der Waals surface area contributed by atoms with Crippen LogP contribution in [-0.2, 0) is 9.47 Å². The van der Waals surface area contributed by atoms with Gasteiger partial charge in [0.05, 0.1) is 6.61 Å². The second kappa shape index (κ2) is 7.16. The van der Waals surface area contributed by atoms with Crippen molar-refractivity contribution in [2.24, 2.45) is 11.3 Å². The number of aliphatic hydroxyl groups is 1. The Labute approximate surface area is 136 Å². The molecule has 1 spiro atoms. The molecule has 130 valence electrons. The second-order valence-corrected chi connectivity index (χ2v) is 8.06. The largest absolute Gasteiger partial charge is 0.376 e. The van der Waals surface area contributed by atoms with E-state index < -0.39 is 12.0 Å². The summed E-state index contributed by atoms with van der Waals surface area (Å²) in [5.41, 5.74) is 0.360. The maximum Gasteiger partial charge on any atom is 0.169 e. The van der Waals surface area contributed by atoms with Crippen LogP contribution in [0, 0.1) is 11.3 Å². The van der Waals surface area contributed by atoms with Crippen molar-refractivity contribution in [2.75, 3.05) is 19.7 Å². The minimum Gasteiger partial charge on any atom is -0.376 e. The van der Waals surface area contributed by atoms with Crippen molar-refractivity contribution >= 4 is 0 Å². The Hall–Kier alpha value is -0.160. The second-order valence-electron chi connectivity index (χ2n) is 8.06. The summed E-state index contributed by atoms with van der Waals surface area (Å²) in [5, 5.41) is 10.6. The van der Waals surface area contributed by atoms with Gasteiger partial charge in [-0.2, -0.15) is 0 Å². The van der Waals surface area contributed by atoms with Crippen LogP contribution in [0.1, 0.15) is 66.7 Å². The van der Waals surface area contributed by atoms with Crippen LogP contribution in [0.25, 0.3) is 0 Å². The topological polar surface area (TPSA) is 41.9 Å². The summed E-state index contributed by atoms with van der Waals surface area (Å²) >= 11 is 0. The third kappa shape index (κ3) is 4.02. The summed E-state index contributed by atoms with van der Waals surface area (Å²) in [6.07, 6.45) is 4.49. The van der Waals surface area contributed by atoms with E-state index >= 15 is 0 Å². The number of rotatable bonds is 5. The minimum absolute atomic E-state index is 0.210. The Morgan fingerprint density at radius 3 is 2.36 bits per heavy atom. The van der Waals surface area contributed by atoms with Crippen molar-refractivity contribution in [2.45, 2.75) is 84.8 Å². The maximum absolute atomic E-state index is 10.6. The third-order valence-electron chi connectivity index (χ3n) is 5.47. The molecular weight excluding hydrogens is 278 g/mol. The first-order valence-electron chi connectivity index (χ1n) is 9.05. The number of hydrogen-bond acceptors (Lipinski definition) is 4. The molecule has 2 unspecified atom stereocenters. The van der Waals surface area contributed by atoms with Crippen molar-refractivity contribution in [1.82, 2.24) is 4.90 Å². The van der Waals surface area contributed by atoms with Crippen molar-refractivity contribution in [3.63, 3.8) is 0 Å². The highest BCUT2D eigenvalue weighted by molar-refractivity contribution is 4.90. The lowest BCUT2D eigenvalue weighted by Crippen LogP contribution is -2.46. The summed E-state index contributed by atoms with van der Waals surface area (Å²) in [5.74, 6) is 0.306. The van der Waals surface area contributed by atoms with E-state index in [9.17, 15) is 5.11 Å². The predicted molar refractivity (Wildman–Crippen MR) is 88.5 cm³/mol. The standard InChI is InChI=1S/C18H35NO3/c1-6-12-19(7-2)16(20)15-13-21-18(22-15)10-8-14(9-11-18)17(3,4)5/h14-16,20H,6-13H2,1-5H3. The smallest absolute Gasteiger partial charge is 0.169 e. The van der Waals surface area contributed by atoms with E-state index in [4.69, 9.17) is 9.47 Å². The molecule has 2 rings (SSSR count). The predicted octanol–water partition coefficient (Wildman–Crippen LogP) is 3.38. The molecule has 0 aromatic heterocycles. The molecule has 4 nitrogen and oxygen atoms in total. The van der Waals surface area contributed by atoms with Crippen molar-refractivity contribution in [3.8, 4) is 0 Å². The minimum atomic E-state index is -0.551. The highest BCUT2D eigenvalue weighted by atomic mass is 16.7. The Kier molecular flexibility index (Phi) is 5.92. The molecule has 2 aliphatic rings. The number of nitrogens with zero attached hydrogens (tertiary/aromatic N) is 1. The molecule has 1 heterocycles. The molecule has 1 N–H and O–H groups in total. The Balaban J connectivity index is 1.90. The van der Waals surface area contributed by atoms with Gasteiger partial charge < -0.3 is 14.6 Å². The molecule has 0 aromatic carbocycles. The number of aliphatic hydroxyl groups excluding tert-OH is 1. The van der Waals surface area contributed by atoms with E-state index in [2.05, 4.69) is 39.5 Å². The van der Waals surface area contributed by atoms with Gasteiger partial charge in [-0.1, -0.05) is 34.6 Å². The molecule has 0 amide bonds.